The molecule has 4 heteroatoms. The molecule has 1 aromatic rings. The first-order chi connectivity index (χ1) is 3.30. The number of hydrogen-bond donors (Lipinski definition) is 1. The predicted octanol–water partition coefficient (Wildman–Crippen LogP) is 1.79. The van der Waals surface area contributed by atoms with E-state index in [0.29, 0.717) is 5.15 Å². The van der Waals surface area contributed by atoms with Crippen LogP contribution in [0.15, 0.2) is 6.20 Å². The number of aryl methyl sites for hydroxylation is 1. The Labute approximate surface area is 58.6 Å². The predicted molar refractivity (Wildman–Crippen MR) is 35.6 cm³/mol. The van der Waals surface area contributed by atoms with Gasteiger partial charge in [0.15, 0.2) is 5.15 Å². The number of H-pyrrole nitrogens is 1. The van der Waals surface area contributed by atoms with Crippen LogP contribution in [0.4, 0.5) is 0 Å². The molecule has 0 aliphatic carbocycles. The second-order valence-corrected chi connectivity index (χ2v) is 1.72. The summed E-state index contributed by atoms with van der Waals surface area (Å²) in [5.41, 5.74) is 0.988. The lowest BCUT2D eigenvalue weighted by molar-refractivity contribution is 1.09. The molecule has 1 aromatic heterocycles. The summed E-state index contributed by atoms with van der Waals surface area (Å²) in [6.07, 6.45) is 1.75. The molecular weight excluding hydrogens is 147 g/mol. The van der Waals surface area contributed by atoms with Gasteiger partial charge >= 0.3 is 0 Å². The topological polar surface area (TPSA) is 28.7 Å². The van der Waals surface area contributed by atoms with Crippen LogP contribution in [-0.4, -0.2) is 10.2 Å². The lowest BCUT2D eigenvalue weighted by atomic mass is 10.4. The summed E-state index contributed by atoms with van der Waals surface area (Å²) in [4.78, 5) is 0. The molecule has 0 amide bonds. The zero-order valence-electron chi connectivity index (χ0n) is 4.31. The Bertz CT molecular complexity index is 144. The fraction of sp³-hybridized carbons (Fsp3) is 0.250. The highest BCUT2D eigenvalue weighted by Gasteiger charge is 1.91. The van der Waals surface area contributed by atoms with Crippen molar-refractivity contribution in [1.82, 2.24) is 10.2 Å². The van der Waals surface area contributed by atoms with Gasteiger partial charge in [0.25, 0.3) is 0 Å². The van der Waals surface area contributed by atoms with Crippen molar-refractivity contribution in [2.24, 2.45) is 0 Å². The Morgan fingerprint density at radius 1 is 1.75 bits per heavy atom. The number of nitrogens with zero attached hydrogens (tertiary/aromatic N) is 1. The van der Waals surface area contributed by atoms with Gasteiger partial charge in [0.05, 0.1) is 0 Å². The SMILES string of the molecule is Cc1c[nH]nc1Cl.Cl. The summed E-state index contributed by atoms with van der Waals surface area (Å²) >= 11 is 5.48. The average Bonchev–Trinajstić information content (AvgIpc) is 1.91. The molecule has 0 fully saturated rings. The van der Waals surface area contributed by atoms with Crippen LogP contribution in [0.5, 0.6) is 0 Å². The van der Waals surface area contributed by atoms with Crippen molar-refractivity contribution in [3.8, 4) is 0 Å². The molecule has 0 aliphatic rings. The van der Waals surface area contributed by atoms with E-state index in [2.05, 4.69) is 10.2 Å². The van der Waals surface area contributed by atoms with Gasteiger partial charge in [0.1, 0.15) is 0 Å². The van der Waals surface area contributed by atoms with Gasteiger partial charge in [0.2, 0.25) is 0 Å². The molecular formula is C4H6Cl2N2. The molecule has 0 unspecified atom stereocenters. The number of hydrogen-bond acceptors (Lipinski definition) is 1. The van der Waals surface area contributed by atoms with Crippen LogP contribution in [0.1, 0.15) is 5.56 Å². The number of aromatic nitrogens is 2. The largest absolute Gasteiger partial charge is 0.284 e. The van der Waals surface area contributed by atoms with Crippen LogP contribution in [0.2, 0.25) is 5.15 Å². The van der Waals surface area contributed by atoms with E-state index in [-0.39, 0.29) is 12.4 Å². The van der Waals surface area contributed by atoms with Gasteiger partial charge in [-0.15, -0.1) is 12.4 Å². The van der Waals surface area contributed by atoms with Crippen molar-refractivity contribution < 1.29 is 0 Å². The Morgan fingerprint density at radius 3 is 2.50 bits per heavy atom. The minimum Gasteiger partial charge on any atom is -0.284 e. The van der Waals surface area contributed by atoms with E-state index in [9.17, 15) is 0 Å². The van der Waals surface area contributed by atoms with Gasteiger partial charge in [-0.05, 0) is 6.92 Å². The summed E-state index contributed by atoms with van der Waals surface area (Å²) in [6, 6.07) is 0. The highest BCUT2D eigenvalue weighted by molar-refractivity contribution is 6.30. The standard InChI is InChI=1S/C4H5ClN2.ClH/c1-3-2-6-7-4(3)5;/h2H,1H3,(H,6,7);1H. The van der Waals surface area contributed by atoms with Crippen LogP contribution in [0, 0.1) is 6.92 Å². The summed E-state index contributed by atoms with van der Waals surface area (Å²) in [5, 5.41) is 6.83. The van der Waals surface area contributed by atoms with E-state index in [1.807, 2.05) is 6.92 Å². The van der Waals surface area contributed by atoms with Crippen molar-refractivity contribution in [3.05, 3.63) is 16.9 Å². The maximum absolute atomic E-state index is 5.48. The van der Waals surface area contributed by atoms with Crippen molar-refractivity contribution in [2.45, 2.75) is 6.92 Å². The molecule has 8 heavy (non-hydrogen) atoms. The van der Waals surface area contributed by atoms with Gasteiger partial charge in [-0.3, -0.25) is 5.10 Å². The normalized spacial score (nSPS) is 8.25. The second-order valence-electron chi connectivity index (χ2n) is 1.36. The highest BCUT2D eigenvalue weighted by Crippen LogP contribution is 2.06. The van der Waals surface area contributed by atoms with Crippen LogP contribution < -0.4 is 0 Å². The fourth-order valence-corrected chi connectivity index (χ4v) is 0.437. The Hall–Kier alpha value is -0.210. The Balaban J connectivity index is 0.000000490. The monoisotopic (exact) mass is 152 g/mol. The highest BCUT2D eigenvalue weighted by atomic mass is 35.5. The van der Waals surface area contributed by atoms with Crippen molar-refractivity contribution >= 4 is 24.0 Å². The summed E-state index contributed by atoms with van der Waals surface area (Å²) in [5.74, 6) is 0. The quantitative estimate of drug-likeness (QED) is 0.604. The average molecular weight is 153 g/mol. The number of halogens is 2. The first-order valence-corrected chi connectivity index (χ1v) is 2.34. The summed E-state index contributed by atoms with van der Waals surface area (Å²) < 4.78 is 0. The summed E-state index contributed by atoms with van der Waals surface area (Å²) in [7, 11) is 0. The minimum absolute atomic E-state index is 0. The lowest BCUT2D eigenvalue weighted by Crippen LogP contribution is -1.62. The summed E-state index contributed by atoms with van der Waals surface area (Å²) in [6.45, 7) is 1.89. The maximum atomic E-state index is 5.48. The van der Waals surface area contributed by atoms with E-state index in [1.54, 1.807) is 6.20 Å². The molecule has 0 aliphatic heterocycles. The van der Waals surface area contributed by atoms with Crippen molar-refractivity contribution in [3.63, 3.8) is 0 Å². The van der Waals surface area contributed by atoms with Gasteiger partial charge in [-0.2, -0.15) is 5.10 Å². The van der Waals surface area contributed by atoms with E-state index < -0.39 is 0 Å². The third-order valence-corrected chi connectivity index (χ3v) is 1.15. The Morgan fingerprint density at radius 2 is 2.38 bits per heavy atom. The van der Waals surface area contributed by atoms with Gasteiger partial charge in [0, 0.05) is 11.8 Å². The smallest absolute Gasteiger partial charge is 0.153 e. The van der Waals surface area contributed by atoms with E-state index >= 15 is 0 Å². The molecule has 46 valence electrons. The zero-order valence-corrected chi connectivity index (χ0v) is 5.88. The molecule has 0 bridgehead atoms. The molecule has 0 aromatic carbocycles. The molecule has 1 heterocycles. The van der Waals surface area contributed by atoms with Crippen LogP contribution >= 0.6 is 24.0 Å². The van der Waals surface area contributed by atoms with Crippen molar-refractivity contribution in [1.29, 1.82) is 0 Å². The Kier molecular flexibility index (Phi) is 2.87. The molecule has 2 nitrogen and oxygen atoms in total. The first kappa shape index (κ1) is 7.79. The maximum Gasteiger partial charge on any atom is 0.153 e. The van der Waals surface area contributed by atoms with E-state index in [1.165, 1.54) is 0 Å². The molecule has 1 rings (SSSR count). The molecule has 0 spiro atoms. The fourth-order valence-electron chi connectivity index (χ4n) is 0.334. The van der Waals surface area contributed by atoms with Crippen LogP contribution in [0.25, 0.3) is 0 Å². The lowest BCUT2D eigenvalue weighted by Gasteiger charge is -1.73. The van der Waals surface area contributed by atoms with Crippen molar-refractivity contribution in [2.75, 3.05) is 0 Å². The second kappa shape index (κ2) is 2.95. The van der Waals surface area contributed by atoms with Gasteiger partial charge < -0.3 is 0 Å². The minimum atomic E-state index is 0. The van der Waals surface area contributed by atoms with Crippen LogP contribution in [-0.2, 0) is 0 Å². The molecule has 0 saturated carbocycles. The van der Waals surface area contributed by atoms with Gasteiger partial charge in [-0.1, -0.05) is 11.6 Å². The van der Waals surface area contributed by atoms with Gasteiger partial charge in [-0.25, -0.2) is 0 Å². The first-order valence-electron chi connectivity index (χ1n) is 1.96. The van der Waals surface area contributed by atoms with Crippen LogP contribution in [0.3, 0.4) is 0 Å². The van der Waals surface area contributed by atoms with E-state index in [4.69, 9.17) is 11.6 Å². The van der Waals surface area contributed by atoms with E-state index in [0.717, 1.165) is 5.56 Å². The molecule has 0 saturated heterocycles. The molecule has 1 N–H and O–H groups in total. The number of rotatable bonds is 0. The third kappa shape index (κ3) is 1.39. The number of nitrogens with one attached hydrogen (secondary N) is 1. The third-order valence-electron chi connectivity index (χ3n) is 0.769. The zero-order chi connectivity index (χ0) is 5.28. The molecule has 0 radical (unpaired) electrons. The number of aromatic amines is 1. The molecule has 0 atom stereocenters.